The molecule has 2 aliphatic rings. The molecule has 1 aromatic carbocycles. The molecule has 1 saturated carbocycles. The average Bonchev–Trinajstić information content (AvgIpc) is 3.56. The third kappa shape index (κ3) is 4.07. The van der Waals surface area contributed by atoms with Gasteiger partial charge in [-0.25, -0.2) is 9.97 Å². The van der Waals surface area contributed by atoms with Crippen LogP contribution in [-0.2, 0) is 0 Å². The lowest BCUT2D eigenvalue weighted by Gasteiger charge is -2.51. The Bertz CT molecular complexity index is 1390. The number of aromatic nitrogens is 4. The number of nitrogens with zero attached hydrogens (tertiary/aromatic N) is 5. The monoisotopic (exact) mass is 505 g/mol. The molecule has 4 heterocycles. The summed E-state index contributed by atoms with van der Waals surface area (Å²) in [5.41, 5.74) is 1.98. The topological polar surface area (TPSA) is 81.6 Å². The van der Waals surface area contributed by atoms with E-state index in [1.54, 1.807) is 18.6 Å². The summed E-state index contributed by atoms with van der Waals surface area (Å²) >= 11 is 6.59. The third-order valence-electron chi connectivity index (χ3n) is 7.96. The van der Waals surface area contributed by atoms with Crippen LogP contribution in [0.25, 0.3) is 16.6 Å². The van der Waals surface area contributed by atoms with Crippen LogP contribution in [-0.4, -0.2) is 67.9 Å². The lowest BCUT2D eigenvalue weighted by molar-refractivity contribution is 0.0321. The molecule has 36 heavy (non-hydrogen) atoms. The van der Waals surface area contributed by atoms with Crippen LogP contribution in [0.15, 0.2) is 49.2 Å². The molecule has 3 aromatic heterocycles. The highest BCUT2D eigenvalue weighted by molar-refractivity contribution is 6.37. The third-order valence-corrected chi connectivity index (χ3v) is 8.27. The van der Waals surface area contributed by atoms with Gasteiger partial charge in [0, 0.05) is 79.6 Å². The van der Waals surface area contributed by atoms with Crippen molar-refractivity contribution in [3.05, 3.63) is 59.8 Å². The fourth-order valence-corrected chi connectivity index (χ4v) is 6.45. The lowest BCUT2D eigenvalue weighted by Crippen LogP contribution is -2.64. The summed E-state index contributed by atoms with van der Waals surface area (Å²) < 4.78 is 1.92. The SMILES string of the molecule is C[C@@H]1CN(C2(CN(C(=O)c3c[nH]c4cccc(Cl)c34)c3nccn4ccnc34)CCCCC2)CCN1. The zero-order chi connectivity index (χ0) is 24.7. The minimum Gasteiger partial charge on any atom is -0.360 e. The molecule has 8 nitrogen and oxygen atoms in total. The summed E-state index contributed by atoms with van der Waals surface area (Å²) in [6.45, 7) is 5.72. The van der Waals surface area contributed by atoms with Gasteiger partial charge in [-0.05, 0) is 31.9 Å². The Balaban J connectivity index is 1.48. The van der Waals surface area contributed by atoms with E-state index in [2.05, 4.69) is 27.1 Å². The van der Waals surface area contributed by atoms with E-state index in [4.69, 9.17) is 16.6 Å². The number of amides is 1. The van der Waals surface area contributed by atoms with E-state index in [-0.39, 0.29) is 11.4 Å². The second-order valence-electron chi connectivity index (χ2n) is 10.3. The largest absolute Gasteiger partial charge is 0.360 e. The van der Waals surface area contributed by atoms with Crippen LogP contribution in [0.3, 0.4) is 0 Å². The molecule has 1 aliphatic heterocycles. The maximum absolute atomic E-state index is 14.4. The highest BCUT2D eigenvalue weighted by Gasteiger charge is 2.43. The maximum atomic E-state index is 14.4. The number of hydrogen-bond acceptors (Lipinski definition) is 5. The predicted octanol–water partition coefficient (Wildman–Crippen LogP) is 4.51. The molecule has 6 rings (SSSR count). The van der Waals surface area contributed by atoms with Gasteiger partial charge in [0.2, 0.25) is 0 Å². The quantitative estimate of drug-likeness (QED) is 0.417. The van der Waals surface area contributed by atoms with E-state index in [0.717, 1.165) is 43.4 Å². The van der Waals surface area contributed by atoms with Crippen LogP contribution >= 0.6 is 11.6 Å². The molecular weight excluding hydrogens is 474 g/mol. The fourth-order valence-electron chi connectivity index (χ4n) is 6.17. The Hall–Kier alpha value is -2.94. The van der Waals surface area contributed by atoms with Crippen molar-refractivity contribution < 1.29 is 4.79 Å². The second-order valence-corrected chi connectivity index (χ2v) is 10.7. The zero-order valence-electron chi connectivity index (χ0n) is 20.6. The normalized spacial score (nSPS) is 20.7. The van der Waals surface area contributed by atoms with Crippen molar-refractivity contribution in [3.63, 3.8) is 0 Å². The smallest absolute Gasteiger partial charge is 0.261 e. The number of benzene rings is 1. The zero-order valence-corrected chi connectivity index (χ0v) is 21.3. The summed E-state index contributed by atoms with van der Waals surface area (Å²) in [5.74, 6) is 0.480. The van der Waals surface area contributed by atoms with Crippen molar-refractivity contribution in [1.29, 1.82) is 0 Å². The molecular formula is C27H32ClN7O. The molecule has 2 fully saturated rings. The Morgan fingerprint density at radius 2 is 2.00 bits per heavy atom. The number of hydrogen-bond donors (Lipinski definition) is 2. The van der Waals surface area contributed by atoms with Gasteiger partial charge < -0.3 is 14.7 Å². The fraction of sp³-hybridized carbons (Fsp3) is 0.444. The average molecular weight is 506 g/mol. The van der Waals surface area contributed by atoms with Gasteiger partial charge >= 0.3 is 0 Å². The van der Waals surface area contributed by atoms with Gasteiger partial charge in [0.05, 0.1) is 10.6 Å². The van der Waals surface area contributed by atoms with Gasteiger partial charge in [-0.1, -0.05) is 36.9 Å². The molecule has 1 amide bonds. The molecule has 9 heteroatoms. The summed E-state index contributed by atoms with van der Waals surface area (Å²) in [6.07, 6.45) is 14.7. The van der Waals surface area contributed by atoms with Crippen LogP contribution in [0.5, 0.6) is 0 Å². The van der Waals surface area contributed by atoms with Gasteiger partial charge in [-0.2, -0.15) is 0 Å². The molecule has 1 aliphatic carbocycles. The van der Waals surface area contributed by atoms with Crippen molar-refractivity contribution in [3.8, 4) is 0 Å². The summed E-state index contributed by atoms with van der Waals surface area (Å²) in [6, 6.07) is 6.09. The first-order chi connectivity index (χ1) is 17.6. The van der Waals surface area contributed by atoms with Crippen LogP contribution in [0.2, 0.25) is 5.02 Å². The number of carbonyl (C=O) groups is 1. The van der Waals surface area contributed by atoms with Gasteiger partial charge in [0.25, 0.3) is 5.91 Å². The van der Waals surface area contributed by atoms with Crippen LogP contribution in [0.1, 0.15) is 49.4 Å². The number of aromatic amines is 1. The Labute approximate surface area is 215 Å². The maximum Gasteiger partial charge on any atom is 0.261 e. The number of H-pyrrole nitrogens is 1. The molecule has 0 spiro atoms. The summed E-state index contributed by atoms with van der Waals surface area (Å²) in [5, 5.41) is 4.89. The van der Waals surface area contributed by atoms with E-state index in [9.17, 15) is 4.79 Å². The molecule has 1 atom stereocenters. The Morgan fingerprint density at radius 3 is 2.81 bits per heavy atom. The lowest BCUT2D eigenvalue weighted by atomic mass is 9.79. The number of nitrogens with one attached hydrogen (secondary N) is 2. The summed E-state index contributed by atoms with van der Waals surface area (Å²) in [4.78, 5) is 31.5. The first-order valence-corrected chi connectivity index (χ1v) is 13.3. The van der Waals surface area contributed by atoms with Gasteiger partial charge in [0.15, 0.2) is 11.5 Å². The van der Waals surface area contributed by atoms with E-state index < -0.39 is 0 Å². The molecule has 0 unspecified atom stereocenters. The standard InChI is InChI=1S/C27H32ClN7O/c1-19-17-34(15-12-29-19)27(8-3-2-4-9-27)18-35(25-24-30-10-13-33(24)14-11-31-25)26(36)20-16-32-22-7-5-6-21(28)23(20)22/h5-7,10-11,13-14,16,19,29,32H,2-4,8-9,12,15,17-18H2,1H3/t19-/m1/s1. The molecule has 1 saturated heterocycles. The number of anilines is 1. The Kier molecular flexibility index (Phi) is 6.19. The highest BCUT2D eigenvalue weighted by atomic mass is 35.5. The summed E-state index contributed by atoms with van der Waals surface area (Å²) in [7, 11) is 0. The second kappa shape index (κ2) is 9.50. The number of halogens is 1. The van der Waals surface area contributed by atoms with Crippen LogP contribution < -0.4 is 10.2 Å². The van der Waals surface area contributed by atoms with Crippen LogP contribution in [0.4, 0.5) is 5.82 Å². The van der Waals surface area contributed by atoms with Crippen molar-refractivity contribution in [2.75, 3.05) is 31.1 Å². The van der Waals surface area contributed by atoms with E-state index in [1.165, 1.54) is 19.3 Å². The molecule has 4 aromatic rings. The van der Waals surface area contributed by atoms with Crippen molar-refractivity contribution in [2.24, 2.45) is 0 Å². The number of rotatable bonds is 5. The number of carbonyl (C=O) groups excluding carboxylic acids is 1. The van der Waals surface area contributed by atoms with E-state index in [1.807, 2.05) is 39.9 Å². The van der Waals surface area contributed by atoms with Gasteiger partial charge in [-0.3, -0.25) is 14.6 Å². The van der Waals surface area contributed by atoms with E-state index >= 15 is 0 Å². The highest BCUT2D eigenvalue weighted by Crippen LogP contribution is 2.38. The molecule has 2 N–H and O–H groups in total. The first kappa shape index (κ1) is 23.5. The van der Waals surface area contributed by atoms with Crippen molar-refractivity contribution in [1.82, 2.24) is 29.6 Å². The Morgan fingerprint density at radius 1 is 1.19 bits per heavy atom. The first-order valence-electron chi connectivity index (χ1n) is 12.9. The number of fused-ring (bicyclic) bond motifs is 2. The molecule has 188 valence electrons. The number of imidazole rings is 1. The minimum atomic E-state index is -0.110. The predicted molar refractivity (Wildman–Crippen MR) is 143 cm³/mol. The van der Waals surface area contributed by atoms with Crippen LogP contribution in [0, 0.1) is 0 Å². The minimum absolute atomic E-state index is 0.105. The van der Waals surface area contributed by atoms with Gasteiger partial charge in [0.1, 0.15) is 0 Å². The van der Waals surface area contributed by atoms with E-state index in [0.29, 0.717) is 34.6 Å². The van der Waals surface area contributed by atoms with Crippen molar-refractivity contribution in [2.45, 2.75) is 50.6 Å². The molecule has 0 bridgehead atoms. The van der Waals surface area contributed by atoms with Gasteiger partial charge in [-0.15, -0.1) is 0 Å². The molecule has 0 radical (unpaired) electrons. The van der Waals surface area contributed by atoms with Crippen molar-refractivity contribution >= 4 is 39.9 Å². The number of piperazine rings is 1.